The van der Waals surface area contributed by atoms with Gasteiger partial charge in [0.1, 0.15) is 0 Å². The molecule has 2 N–H and O–H groups in total. The molecule has 1 fully saturated rings. The summed E-state index contributed by atoms with van der Waals surface area (Å²) in [6.07, 6.45) is 2.70. The first-order chi connectivity index (χ1) is 6.24. The highest BCUT2D eigenvalue weighted by Gasteiger charge is 2.18. The Kier molecular flexibility index (Phi) is 4.70. The van der Waals surface area contributed by atoms with Crippen molar-refractivity contribution in [1.29, 1.82) is 0 Å². The van der Waals surface area contributed by atoms with Gasteiger partial charge < -0.3 is 15.2 Å². The Morgan fingerprint density at radius 1 is 1.54 bits per heavy atom. The van der Waals surface area contributed by atoms with E-state index in [-0.39, 0.29) is 12.6 Å². The molecule has 1 rings (SSSR count). The SMILES string of the molecule is CC(C)[C@@H](CO)NCC1CCCO1. The highest BCUT2D eigenvalue weighted by Crippen LogP contribution is 2.11. The summed E-state index contributed by atoms with van der Waals surface area (Å²) < 4.78 is 5.48. The lowest BCUT2D eigenvalue weighted by Gasteiger charge is -2.21. The van der Waals surface area contributed by atoms with E-state index in [1.165, 1.54) is 6.42 Å². The van der Waals surface area contributed by atoms with Crippen molar-refractivity contribution in [2.75, 3.05) is 19.8 Å². The lowest BCUT2D eigenvalue weighted by molar-refractivity contribution is 0.100. The van der Waals surface area contributed by atoms with Gasteiger partial charge in [0.2, 0.25) is 0 Å². The molecule has 78 valence electrons. The maximum Gasteiger partial charge on any atom is 0.0700 e. The zero-order valence-electron chi connectivity index (χ0n) is 8.62. The lowest BCUT2D eigenvalue weighted by atomic mass is 10.1. The summed E-state index contributed by atoms with van der Waals surface area (Å²) in [5, 5.41) is 12.4. The zero-order chi connectivity index (χ0) is 9.68. The molecule has 0 aromatic rings. The quantitative estimate of drug-likeness (QED) is 0.668. The van der Waals surface area contributed by atoms with Crippen molar-refractivity contribution < 1.29 is 9.84 Å². The maximum absolute atomic E-state index is 9.07. The monoisotopic (exact) mass is 187 g/mol. The lowest BCUT2D eigenvalue weighted by Crippen LogP contribution is -2.41. The molecular weight excluding hydrogens is 166 g/mol. The summed E-state index contributed by atoms with van der Waals surface area (Å²) in [6, 6.07) is 0.212. The van der Waals surface area contributed by atoms with Gasteiger partial charge in [0, 0.05) is 19.2 Å². The predicted octanol–water partition coefficient (Wildman–Crippen LogP) is 0.772. The Balaban J connectivity index is 2.15. The summed E-state index contributed by atoms with van der Waals surface area (Å²) >= 11 is 0. The summed E-state index contributed by atoms with van der Waals surface area (Å²) in [4.78, 5) is 0. The van der Waals surface area contributed by atoms with E-state index in [1.54, 1.807) is 0 Å². The fourth-order valence-corrected chi connectivity index (χ4v) is 1.60. The molecule has 0 radical (unpaired) electrons. The minimum Gasteiger partial charge on any atom is -0.395 e. The van der Waals surface area contributed by atoms with Gasteiger partial charge in [0.25, 0.3) is 0 Å². The molecule has 3 nitrogen and oxygen atoms in total. The Labute approximate surface area is 80.5 Å². The number of ether oxygens (including phenoxy) is 1. The third kappa shape index (κ3) is 3.63. The van der Waals surface area contributed by atoms with Crippen LogP contribution in [0.1, 0.15) is 26.7 Å². The van der Waals surface area contributed by atoms with Crippen LogP contribution in [0.4, 0.5) is 0 Å². The second-order valence-corrected chi connectivity index (χ2v) is 4.08. The third-order valence-corrected chi connectivity index (χ3v) is 2.63. The van der Waals surface area contributed by atoms with Crippen LogP contribution in [0.25, 0.3) is 0 Å². The Bertz CT molecular complexity index is 133. The van der Waals surface area contributed by atoms with Gasteiger partial charge in [0.15, 0.2) is 0 Å². The molecule has 0 aromatic carbocycles. The van der Waals surface area contributed by atoms with Crippen LogP contribution in [0.3, 0.4) is 0 Å². The van der Waals surface area contributed by atoms with Crippen molar-refractivity contribution in [3.05, 3.63) is 0 Å². The van der Waals surface area contributed by atoms with Crippen molar-refractivity contribution >= 4 is 0 Å². The molecule has 1 unspecified atom stereocenters. The van der Waals surface area contributed by atoms with Crippen LogP contribution in [0, 0.1) is 5.92 Å². The van der Waals surface area contributed by atoms with Gasteiger partial charge in [0.05, 0.1) is 12.7 Å². The van der Waals surface area contributed by atoms with E-state index < -0.39 is 0 Å². The Hall–Kier alpha value is -0.120. The van der Waals surface area contributed by atoms with E-state index in [2.05, 4.69) is 19.2 Å². The summed E-state index contributed by atoms with van der Waals surface area (Å²) in [7, 11) is 0. The summed E-state index contributed by atoms with van der Waals surface area (Å²) in [5.74, 6) is 0.478. The van der Waals surface area contributed by atoms with Crippen molar-refractivity contribution in [1.82, 2.24) is 5.32 Å². The van der Waals surface area contributed by atoms with E-state index in [0.717, 1.165) is 19.6 Å². The first-order valence-corrected chi connectivity index (χ1v) is 5.20. The van der Waals surface area contributed by atoms with Gasteiger partial charge in [-0.05, 0) is 18.8 Å². The molecule has 1 heterocycles. The fraction of sp³-hybridized carbons (Fsp3) is 1.00. The zero-order valence-corrected chi connectivity index (χ0v) is 8.62. The van der Waals surface area contributed by atoms with Gasteiger partial charge >= 0.3 is 0 Å². The summed E-state index contributed by atoms with van der Waals surface area (Å²) in [5.41, 5.74) is 0. The van der Waals surface area contributed by atoms with Crippen LogP contribution < -0.4 is 5.32 Å². The van der Waals surface area contributed by atoms with E-state index in [4.69, 9.17) is 9.84 Å². The van der Waals surface area contributed by atoms with Crippen molar-refractivity contribution in [2.24, 2.45) is 5.92 Å². The van der Waals surface area contributed by atoms with Crippen molar-refractivity contribution in [3.8, 4) is 0 Å². The molecule has 0 bridgehead atoms. The van der Waals surface area contributed by atoms with Gasteiger partial charge in [-0.3, -0.25) is 0 Å². The third-order valence-electron chi connectivity index (χ3n) is 2.63. The minimum absolute atomic E-state index is 0.212. The number of hydrogen-bond acceptors (Lipinski definition) is 3. The number of aliphatic hydroxyl groups is 1. The molecule has 0 saturated carbocycles. The van der Waals surface area contributed by atoms with Crippen LogP contribution in [-0.4, -0.2) is 37.0 Å². The minimum atomic E-state index is 0.212. The topological polar surface area (TPSA) is 41.5 Å². The molecule has 0 amide bonds. The van der Waals surface area contributed by atoms with Crippen LogP contribution in [-0.2, 0) is 4.74 Å². The normalized spacial score (nSPS) is 25.4. The molecular formula is C10H21NO2. The summed E-state index contributed by atoms with van der Waals surface area (Å²) in [6.45, 7) is 6.22. The van der Waals surface area contributed by atoms with Gasteiger partial charge in [-0.1, -0.05) is 13.8 Å². The van der Waals surface area contributed by atoms with Crippen molar-refractivity contribution in [2.45, 2.75) is 38.8 Å². The molecule has 0 aromatic heterocycles. The standard InChI is InChI=1S/C10H21NO2/c1-8(2)10(7-12)11-6-9-4-3-5-13-9/h8-12H,3-7H2,1-2H3/t9?,10-/m1/s1. The van der Waals surface area contributed by atoms with E-state index in [0.29, 0.717) is 12.0 Å². The molecule has 2 atom stereocenters. The molecule has 0 aliphatic carbocycles. The predicted molar refractivity (Wildman–Crippen MR) is 52.7 cm³/mol. The molecule has 1 aliphatic rings. The van der Waals surface area contributed by atoms with Crippen molar-refractivity contribution in [3.63, 3.8) is 0 Å². The molecule has 1 aliphatic heterocycles. The van der Waals surface area contributed by atoms with Crippen LogP contribution in [0.5, 0.6) is 0 Å². The highest BCUT2D eigenvalue weighted by molar-refractivity contribution is 4.74. The first-order valence-electron chi connectivity index (χ1n) is 5.20. The Morgan fingerprint density at radius 2 is 2.31 bits per heavy atom. The van der Waals surface area contributed by atoms with Crippen LogP contribution >= 0.6 is 0 Å². The van der Waals surface area contributed by atoms with Gasteiger partial charge in [-0.25, -0.2) is 0 Å². The molecule has 0 spiro atoms. The van der Waals surface area contributed by atoms with Crippen LogP contribution in [0.15, 0.2) is 0 Å². The molecule has 13 heavy (non-hydrogen) atoms. The average molecular weight is 187 g/mol. The highest BCUT2D eigenvalue weighted by atomic mass is 16.5. The second-order valence-electron chi connectivity index (χ2n) is 4.08. The van der Waals surface area contributed by atoms with Gasteiger partial charge in [-0.2, -0.15) is 0 Å². The smallest absolute Gasteiger partial charge is 0.0700 e. The van der Waals surface area contributed by atoms with E-state index in [1.807, 2.05) is 0 Å². The largest absolute Gasteiger partial charge is 0.395 e. The average Bonchev–Trinajstić information content (AvgIpc) is 2.57. The number of hydrogen-bond donors (Lipinski definition) is 2. The molecule has 3 heteroatoms. The van der Waals surface area contributed by atoms with Crippen LogP contribution in [0.2, 0.25) is 0 Å². The maximum atomic E-state index is 9.07. The van der Waals surface area contributed by atoms with E-state index >= 15 is 0 Å². The number of nitrogens with one attached hydrogen (secondary N) is 1. The Morgan fingerprint density at radius 3 is 2.77 bits per heavy atom. The second kappa shape index (κ2) is 5.58. The van der Waals surface area contributed by atoms with Gasteiger partial charge in [-0.15, -0.1) is 0 Å². The number of aliphatic hydroxyl groups excluding tert-OH is 1. The molecule has 1 saturated heterocycles. The number of rotatable bonds is 5. The van der Waals surface area contributed by atoms with E-state index in [9.17, 15) is 0 Å². The fourth-order valence-electron chi connectivity index (χ4n) is 1.60. The first kappa shape index (κ1) is 11.0.